The third-order valence-electron chi connectivity index (χ3n) is 2.83. The maximum Gasteiger partial charge on any atom is 0.257 e. The molecule has 0 spiro atoms. The summed E-state index contributed by atoms with van der Waals surface area (Å²) in [5.74, 6) is 0.403. The quantitative estimate of drug-likeness (QED) is 0.788. The fraction of sp³-hybridized carbons (Fsp3) is 0.0714. The Kier molecular flexibility index (Phi) is 3.38. The summed E-state index contributed by atoms with van der Waals surface area (Å²) < 4.78 is 1.54. The van der Waals surface area contributed by atoms with Crippen molar-refractivity contribution in [3.8, 4) is 5.82 Å². The van der Waals surface area contributed by atoms with Crippen molar-refractivity contribution in [1.29, 1.82) is 0 Å². The fourth-order valence-corrected chi connectivity index (χ4v) is 1.73. The summed E-state index contributed by atoms with van der Waals surface area (Å²) in [6.07, 6.45) is 6.10. The first kappa shape index (κ1) is 12.9. The predicted molar refractivity (Wildman–Crippen MR) is 76.1 cm³/mol. The highest BCUT2D eigenvalue weighted by molar-refractivity contribution is 6.03. The molecule has 3 aromatic rings. The lowest BCUT2D eigenvalue weighted by Crippen LogP contribution is -2.12. The first-order valence-electron chi connectivity index (χ1n) is 6.27. The molecule has 0 atom stereocenters. The zero-order chi connectivity index (χ0) is 14.7. The molecular formula is C14H12N6O. The molecular weight excluding hydrogens is 268 g/mol. The van der Waals surface area contributed by atoms with Gasteiger partial charge in [-0.3, -0.25) is 9.78 Å². The lowest BCUT2D eigenvalue weighted by Gasteiger charge is -2.06. The average Bonchev–Trinajstić information content (AvgIpc) is 3.03. The van der Waals surface area contributed by atoms with Gasteiger partial charge in [-0.25, -0.2) is 14.6 Å². The number of nitrogens with zero attached hydrogens (tertiary/aromatic N) is 5. The third kappa shape index (κ3) is 2.92. The Morgan fingerprint density at radius 2 is 2.05 bits per heavy atom. The van der Waals surface area contributed by atoms with E-state index in [-0.39, 0.29) is 5.91 Å². The predicted octanol–water partition coefficient (Wildman–Crippen LogP) is 1.62. The van der Waals surface area contributed by atoms with Crippen LogP contribution in [0.1, 0.15) is 16.1 Å². The van der Waals surface area contributed by atoms with Gasteiger partial charge in [-0.2, -0.15) is 5.10 Å². The number of hydrogen-bond donors (Lipinski definition) is 1. The lowest BCUT2D eigenvalue weighted by atomic mass is 10.2. The maximum absolute atomic E-state index is 12.0. The molecule has 0 unspecified atom stereocenters. The molecule has 0 saturated carbocycles. The smallest absolute Gasteiger partial charge is 0.257 e. The number of carbonyl (C=O) groups is 1. The Balaban J connectivity index is 1.73. The first-order valence-corrected chi connectivity index (χ1v) is 6.27. The number of nitrogens with one attached hydrogen (secondary N) is 1. The van der Waals surface area contributed by atoms with E-state index in [9.17, 15) is 4.79 Å². The molecule has 0 aromatic carbocycles. The average molecular weight is 280 g/mol. The van der Waals surface area contributed by atoms with Crippen LogP contribution in [0.5, 0.6) is 0 Å². The topological polar surface area (TPSA) is 85.6 Å². The Bertz CT molecular complexity index is 734. The highest BCUT2D eigenvalue weighted by atomic mass is 16.1. The highest BCUT2D eigenvalue weighted by Crippen LogP contribution is 2.10. The van der Waals surface area contributed by atoms with E-state index < -0.39 is 0 Å². The van der Waals surface area contributed by atoms with Gasteiger partial charge in [-0.15, -0.1) is 0 Å². The number of carbonyl (C=O) groups excluding carboxylic acids is 1. The number of hydrogen-bond acceptors (Lipinski definition) is 5. The van der Waals surface area contributed by atoms with Crippen molar-refractivity contribution in [3.63, 3.8) is 0 Å². The second kappa shape index (κ2) is 5.49. The minimum Gasteiger partial charge on any atom is -0.321 e. The van der Waals surface area contributed by atoms with E-state index >= 15 is 0 Å². The number of aryl methyl sites for hydroxylation is 1. The van der Waals surface area contributed by atoms with Crippen LogP contribution in [-0.4, -0.2) is 30.6 Å². The number of amides is 1. The van der Waals surface area contributed by atoms with Gasteiger partial charge in [0.05, 0.1) is 17.4 Å². The molecule has 1 N–H and O–H groups in total. The van der Waals surface area contributed by atoms with E-state index in [1.165, 1.54) is 11.0 Å². The summed E-state index contributed by atoms with van der Waals surface area (Å²) in [6.45, 7) is 1.87. The van der Waals surface area contributed by atoms with Gasteiger partial charge in [-0.1, -0.05) is 0 Å². The van der Waals surface area contributed by atoms with Gasteiger partial charge in [0, 0.05) is 11.9 Å². The minimum atomic E-state index is -0.224. The SMILES string of the molecule is Cc1ccc(C(=O)Nc2ccc(-n3cncn3)nc2)cn1. The molecule has 0 aliphatic heterocycles. The van der Waals surface area contributed by atoms with Gasteiger partial charge in [0.1, 0.15) is 12.7 Å². The van der Waals surface area contributed by atoms with E-state index in [4.69, 9.17) is 0 Å². The van der Waals surface area contributed by atoms with E-state index in [0.29, 0.717) is 17.1 Å². The number of aromatic nitrogens is 5. The van der Waals surface area contributed by atoms with Gasteiger partial charge in [-0.05, 0) is 31.2 Å². The molecule has 0 radical (unpaired) electrons. The molecule has 0 saturated heterocycles. The van der Waals surface area contributed by atoms with Crippen LogP contribution in [-0.2, 0) is 0 Å². The molecule has 0 aliphatic carbocycles. The number of anilines is 1. The monoisotopic (exact) mass is 280 g/mol. The second-order valence-corrected chi connectivity index (χ2v) is 4.39. The summed E-state index contributed by atoms with van der Waals surface area (Å²) in [5, 5.41) is 6.74. The largest absolute Gasteiger partial charge is 0.321 e. The highest BCUT2D eigenvalue weighted by Gasteiger charge is 2.07. The van der Waals surface area contributed by atoms with Crippen LogP contribution >= 0.6 is 0 Å². The Labute approximate surface area is 120 Å². The van der Waals surface area contributed by atoms with Crippen molar-refractivity contribution < 1.29 is 4.79 Å². The molecule has 3 heterocycles. The van der Waals surface area contributed by atoms with Crippen LogP contribution < -0.4 is 5.32 Å². The molecule has 0 bridgehead atoms. The molecule has 3 aromatic heterocycles. The van der Waals surface area contributed by atoms with Crippen molar-refractivity contribution in [2.24, 2.45) is 0 Å². The Morgan fingerprint density at radius 1 is 1.14 bits per heavy atom. The maximum atomic E-state index is 12.0. The van der Waals surface area contributed by atoms with Crippen LogP contribution in [0.15, 0.2) is 49.3 Å². The van der Waals surface area contributed by atoms with Crippen molar-refractivity contribution in [1.82, 2.24) is 24.7 Å². The van der Waals surface area contributed by atoms with Gasteiger partial charge in [0.15, 0.2) is 5.82 Å². The van der Waals surface area contributed by atoms with E-state index in [1.807, 2.05) is 6.92 Å². The van der Waals surface area contributed by atoms with Gasteiger partial charge < -0.3 is 5.32 Å². The molecule has 21 heavy (non-hydrogen) atoms. The molecule has 3 rings (SSSR count). The van der Waals surface area contributed by atoms with E-state index in [2.05, 4.69) is 25.4 Å². The van der Waals surface area contributed by atoms with Crippen molar-refractivity contribution in [3.05, 3.63) is 60.6 Å². The van der Waals surface area contributed by atoms with E-state index in [0.717, 1.165) is 5.69 Å². The summed E-state index contributed by atoms with van der Waals surface area (Å²) in [6, 6.07) is 7.02. The van der Waals surface area contributed by atoms with Crippen LogP contribution in [0, 0.1) is 6.92 Å². The normalized spacial score (nSPS) is 10.3. The fourth-order valence-electron chi connectivity index (χ4n) is 1.73. The van der Waals surface area contributed by atoms with Crippen LogP contribution in [0.25, 0.3) is 5.82 Å². The summed E-state index contributed by atoms with van der Waals surface area (Å²) in [5.41, 5.74) is 1.97. The zero-order valence-corrected chi connectivity index (χ0v) is 11.3. The summed E-state index contributed by atoms with van der Waals surface area (Å²) in [4.78, 5) is 24.2. The molecule has 7 nitrogen and oxygen atoms in total. The Morgan fingerprint density at radius 3 is 2.67 bits per heavy atom. The van der Waals surface area contributed by atoms with Crippen molar-refractivity contribution in [2.45, 2.75) is 6.92 Å². The van der Waals surface area contributed by atoms with E-state index in [1.54, 1.807) is 43.0 Å². The zero-order valence-electron chi connectivity index (χ0n) is 11.3. The number of pyridine rings is 2. The number of rotatable bonds is 3. The van der Waals surface area contributed by atoms with Crippen LogP contribution in [0.4, 0.5) is 5.69 Å². The summed E-state index contributed by atoms with van der Waals surface area (Å²) >= 11 is 0. The molecule has 1 amide bonds. The van der Waals surface area contributed by atoms with Gasteiger partial charge >= 0.3 is 0 Å². The van der Waals surface area contributed by atoms with Crippen molar-refractivity contribution in [2.75, 3.05) is 5.32 Å². The molecule has 7 heteroatoms. The standard InChI is InChI=1S/C14H12N6O/c1-10-2-3-11(6-16-10)14(21)19-12-4-5-13(17-7-12)20-9-15-8-18-20/h2-9H,1H3,(H,19,21). The van der Waals surface area contributed by atoms with Gasteiger partial charge in [0.2, 0.25) is 0 Å². The second-order valence-electron chi connectivity index (χ2n) is 4.39. The minimum absolute atomic E-state index is 0.224. The summed E-state index contributed by atoms with van der Waals surface area (Å²) in [7, 11) is 0. The van der Waals surface area contributed by atoms with Gasteiger partial charge in [0.25, 0.3) is 5.91 Å². The third-order valence-corrected chi connectivity index (χ3v) is 2.83. The molecule has 104 valence electrons. The molecule has 0 fully saturated rings. The van der Waals surface area contributed by atoms with Crippen LogP contribution in [0.3, 0.4) is 0 Å². The lowest BCUT2D eigenvalue weighted by molar-refractivity contribution is 0.102. The molecule has 0 aliphatic rings. The Hall–Kier alpha value is -3.09. The van der Waals surface area contributed by atoms with Crippen molar-refractivity contribution >= 4 is 11.6 Å². The first-order chi connectivity index (χ1) is 10.2. The van der Waals surface area contributed by atoms with Crippen LogP contribution in [0.2, 0.25) is 0 Å².